The van der Waals surface area contributed by atoms with Crippen LogP contribution in [0.2, 0.25) is 0 Å². The third-order valence-corrected chi connectivity index (χ3v) is 5.47. The number of nitrogens with two attached hydrogens (primary N) is 1. The van der Waals surface area contributed by atoms with E-state index in [-0.39, 0.29) is 17.6 Å². The maximum Gasteiger partial charge on any atom is 0.264 e. The first kappa shape index (κ1) is 20.9. The van der Waals surface area contributed by atoms with Crippen LogP contribution in [0, 0.1) is 6.92 Å². The van der Waals surface area contributed by atoms with Gasteiger partial charge in [-0.15, -0.1) is 10.2 Å². The molecule has 0 saturated carbocycles. The lowest BCUT2D eigenvalue weighted by atomic mass is 10.1. The van der Waals surface area contributed by atoms with Gasteiger partial charge in [0, 0.05) is 10.2 Å². The van der Waals surface area contributed by atoms with Crippen LogP contribution in [-0.2, 0) is 4.79 Å². The van der Waals surface area contributed by atoms with Crippen LogP contribution in [0.25, 0.3) is 0 Å². The van der Waals surface area contributed by atoms with Gasteiger partial charge in [-0.1, -0.05) is 58.0 Å². The maximum atomic E-state index is 12.2. The summed E-state index contributed by atoms with van der Waals surface area (Å²) in [4.78, 5) is 12.2. The number of benzene rings is 2. The predicted octanol–water partition coefficient (Wildman–Crippen LogP) is 3.63. The smallest absolute Gasteiger partial charge is 0.264 e. The number of hydrogen-bond donors (Lipinski definition) is 3. The van der Waals surface area contributed by atoms with E-state index in [2.05, 4.69) is 42.0 Å². The summed E-state index contributed by atoms with van der Waals surface area (Å²) >= 11 is 4.60. The van der Waals surface area contributed by atoms with Crippen LogP contribution in [0.1, 0.15) is 18.1 Å². The van der Waals surface area contributed by atoms with Gasteiger partial charge in [-0.2, -0.15) is 5.10 Å². The molecule has 1 heterocycles. The molecule has 0 aliphatic rings. The number of halogens is 1. The number of nitrogens with zero attached hydrogens (tertiary/aromatic N) is 4. The quantitative estimate of drug-likeness (QED) is 0.209. The molecule has 3 rings (SSSR count). The van der Waals surface area contributed by atoms with Gasteiger partial charge in [-0.3, -0.25) is 4.79 Å². The molecule has 0 atom stereocenters. The van der Waals surface area contributed by atoms with Crippen molar-refractivity contribution in [1.29, 1.82) is 0 Å². The van der Waals surface area contributed by atoms with Gasteiger partial charge in [-0.05, 0) is 43.2 Å². The van der Waals surface area contributed by atoms with Crippen LogP contribution in [0.15, 0.2) is 63.3 Å². The van der Waals surface area contributed by atoms with Crippen molar-refractivity contribution in [3.63, 3.8) is 0 Å². The molecule has 29 heavy (non-hydrogen) atoms. The second-order valence-electron chi connectivity index (χ2n) is 6.14. The minimum absolute atomic E-state index is 0.147. The summed E-state index contributed by atoms with van der Waals surface area (Å²) in [6.45, 7) is 3.81. The number of nitrogens with one attached hydrogen (secondary N) is 2. The van der Waals surface area contributed by atoms with Crippen molar-refractivity contribution in [3.8, 4) is 0 Å². The lowest BCUT2D eigenvalue weighted by Crippen LogP contribution is -2.17. The number of rotatable bonds is 7. The fraction of sp³-hybridized carbons (Fsp3) is 0.158. The Balaban J connectivity index is 1.57. The second kappa shape index (κ2) is 9.57. The molecule has 0 aliphatic carbocycles. The second-order valence-corrected chi connectivity index (χ2v) is 8.00. The molecule has 0 fully saturated rings. The van der Waals surface area contributed by atoms with E-state index < -0.39 is 0 Å². The van der Waals surface area contributed by atoms with Gasteiger partial charge in [0.05, 0.1) is 11.5 Å². The highest BCUT2D eigenvalue weighted by Gasteiger charge is 2.12. The number of para-hydroxylation sites is 1. The van der Waals surface area contributed by atoms with Gasteiger partial charge in [0.2, 0.25) is 11.1 Å². The number of hydrogen-bond acceptors (Lipinski definition) is 7. The van der Waals surface area contributed by atoms with Crippen molar-refractivity contribution in [2.45, 2.75) is 19.0 Å². The Hall–Kier alpha value is -2.85. The summed E-state index contributed by atoms with van der Waals surface area (Å²) < 4.78 is 2.27. The summed E-state index contributed by atoms with van der Waals surface area (Å²) in [5.41, 5.74) is 6.33. The van der Waals surface area contributed by atoms with Crippen LogP contribution in [0.5, 0.6) is 0 Å². The largest absolute Gasteiger partial charge is 0.334 e. The Morgan fingerprint density at radius 3 is 2.66 bits per heavy atom. The fourth-order valence-electron chi connectivity index (χ4n) is 2.37. The summed E-state index contributed by atoms with van der Waals surface area (Å²) in [7, 11) is 0. The number of thioether (sulfide) groups is 1. The van der Waals surface area contributed by atoms with Crippen LogP contribution in [0.4, 0.5) is 11.6 Å². The average molecular weight is 474 g/mol. The maximum absolute atomic E-state index is 12.2. The van der Waals surface area contributed by atoms with E-state index in [0.29, 0.717) is 5.16 Å². The summed E-state index contributed by atoms with van der Waals surface area (Å²) in [5.74, 6) is 6.30. The minimum atomic E-state index is -0.147. The topological polar surface area (TPSA) is 110 Å². The molecule has 4 N–H and O–H groups in total. The number of carbonyl (C=O) groups is 1. The van der Waals surface area contributed by atoms with Crippen LogP contribution in [0.3, 0.4) is 0 Å². The molecule has 10 heteroatoms. The number of nitrogen functional groups attached to an aromatic ring is 1. The monoisotopic (exact) mass is 473 g/mol. The van der Waals surface area contributed by atoms with Crippen molar-refractivity contribution in [3.05, 3.63) is 64.1 Å². The zero-order chi connectivity index (χ0) is 20.8. The first-order valence-electron chi connectivity index (χ1n) is 8.69. The molecule has 8 nitrogen and oxygen atoms in total. The highest BCUT2D eigenvalue weighted by molar-refractivity contribution is 9.10. The van der Waals surface area contributed by atoms with E-state index in [4.69, 9.17) is 5.84 Å². The molecule has 150 valence electrons. The molecule has 1 aromatic heterocycles. The Morgan fingerprint density at radius 2 is 1.93 bits per heavy atom. The highest BCUT2D eigenvalue weighted by atomic mass is 79.9. The van der Waals surface area contributed by atoms with Crippen molar-refractivity contribution in [2.24, 2.45) is 5.10 Å². The minimum Gasteiger partial charge on any atom is -0.334 e. The summed E-state index contributed by atoms with van der Waals surface area (Å²) in [6.07, 6.45) is 0. The van der Waals surface area contributed by atoms with Crippen LogP contribution in [-0.4, -0.2) is 32.2 Å². The van der Waals surface area contributed by atoms with Gasteiger partial charge >= 0.3 is 0 Å². The zero-order valence-corrected chi connectivity index (χ0v) is 18.3. The summed E-state index contributed by atoms with van der Waals surface area (Å²) in [6, 6.07) is 15.4. The van der Waals surface area contributed by atoms with Crippen molar-refractivity contribution in [2.75, 3.05) is 22.3 Å². The molecular weight excluding hydrogens is 454 g/mol. The van der Waals surface area contributed by atoms with Gasteiger partial charge in [0.25, 0.3) is 5.95 Å². The normalized spacial score (nSPS) is 11.3. The average Bonchev–Trinajstić information content (AvgIpc) is 3.06. The third kappa shape index (κ3) is 5.58. The summed E-state index contributed by atoms with van der Waals surface area (Å²) in [5, 5.41) is 15.6. The Labute approximate surface area is 181 Å². The van der Waals surface area contributed by atoms with E-state index in [1.54, 1.807) is 0 Å². The molecule has 0 aliphatic heterocycles. The highest BCUT2D eigenvalue weighted by Crippen LogP contribution is 2.19. The van der Waals surface area contributed by atoms with Crippen molar-refractivity contribution >= 4 is 50.9 Å². The Morgan fingerprint density at radius 1 is 1.21 bits per heavy atom. The van der Waals surface area contributed by atoms with E-state index in [1.807, 2.05) is 62.4 Å². The lowest BCUT2D eigenvalue weighted by Gasteiger charge is -2.07. The first-order chi connectivity index (χ1) is 13.9. The zero-order valence-electron chi connectivity index (χ0n) is 15.9. The molecule has 0 unspecified atom stereocenters. The van der Waals surface area contributed by atoms with Crippen molar-refractivity contribution < 1.29 is 4.79 Å². The molecule has 1 amide bonds. The molecular formula is C19H20BrN7OS. The molecule has 2 aromatic carbocycles. The van der Waals surface area contributed by atoms with Gasteiger partial charge in [0.15, 0.2) is 0 Å². The number of amides is 1. The van der Waals surface area contributed by atoms with E-state index in [9.17, 15) is 4.79 Å². The number of carbonyl (C=O) groups excluding carboxylic acids is 1. The van der Waals surface area contributed by atoms with E-state index in [0.717, 1.165) is 27.0 Å². The Kier molecular flexibility index (Phi) is 6.89. The number of anilines is 2. The molecule has 0 saturated heterocycles. The molecule has 3 aromatic rings. The van der Waals surface area contributed by atoms with Crippen LogP contribution < -0.4 is 16.6 Å². The number of hydrazone groups is 1. The molecule has 0 radical (unpaired) electrons. The third-order valence-electron chi connectivity index (χ3n) is 4.00. The molecule has 0 bridgehead atoms. The standard InChI is InChI=1S/C19H20BrN7OS/c1-12-5-3-4-6-16(12)22-17(28)11-29-19-26-25-18(27(19)21)24-23-13(2)14-7-9-15(20)10-8-14/h3-10H,11,21H2,1-2H3,(H,22,28)(H,24,25)/b23-13+. The first-order valence-corrected chi connectivity index (χ1v) is 10.5. The van der Waals surface area contributed by atoms with Crippen molar-refractivity contribution in [1.82, 2.24) is 14.9 Å². The number of aromatic nitrogens is 3. The van der Waals surface area contributed by atoms with Crippen LogP contribution >= 0.6 is 27.7 Å². The number of aryl methyl sites for hydroxylation is 1. The lowest BCUT2D eigenvalue weighted by molar-refractivity contribution is -0.113. The SMILES string of the molecule is C/C(=N\Nc1nnc(SCC(=O)Nc2ccccc2C)n1N)c1ccc(Br)cc1. The molecule has 0 spiro atoms. The predicted molar refractivity (Wildman–Crippen MR) is 121 cm³/mol. The Bertz CT molecular complexity index is 1030. The van der Waals surface area contributed by atoms with Gasteiger partial charge < -0.3 is 11.2 Å². The van der Waals surface area contributed by atoms with E-state index >= 15 is 0 Å². The van der Waals surface area contributed by atoms with E-state index in [1.165, 1.54) is 16.4 Å². The van der Waals surface area contributed by atoms with Gasteiger partial charge in [0.1, 0.15) is 0 Å². The van der Waals surface area contributed by atoms with Gasteiger partial charge in [-0.25, -0.2) is 10.1 Å². The fourth-order valence-corrected chi connectivity index (χ4v) is 3.29.